The minimum Gasteiger partial charge on any atom is -0.748 e. The van der Waals surface area contributed by atoms with Gasteiger partial charge in [0.15, 0.2) is 14.7 Å². The summed E-state index contributed by atoms with van der Waals surface area (Å²) in [6.07, 6.45) is 1.23. The van der Waals surface area contributed by atoms with Crippen molar-refractivity contribution in [3.63, 3.8) is 0 Å². The Labute approximate surface area is 169 Å². The Balaban J connectivity index is 0.000000376. The first-order valence-corrected chi connectivity index (χ1v) is 11.6. The third kappa shape index (κ3) is 8.25. The number of unbranched alkanes of at least 4 members (excludes halogenated alkanes) is 1. The number of rotatable bonds is 6. The minimum atomic E-state index is -3.94. The zero-order chi connectivity index (χ0) is 19.5. The van der Waals surface area contributed by atoms with Crippen LogP contribution in [0.4, 0.5) is 4.70 Å². The number of hydrogen-bond acceptors (Lipinski definition) is 3. The van der Waals surface area contributed by atoms with E-state index in [1.807, 2.05) is 6.92 Å². The molecule has 0 heterocycles. The Hall–Kier alpha value is -2.15. The lowest BCUT2D eigenvalue weighted by Crippen LogP contribution is -2.04. The summed E-state index contributed by atoms with van der Waals surface area (Å²) in [7, 11) is -3.95. The largest absolute Gasteiger partial charge is 0.748 e. The van der Waals surface area contributed by atoms with E-state index >= 15 is 0 Å². The highest BCUT2D eigenvalue weighted by Gasteiger charge is 2.27. The van der Waals surface area contributed by atoms with E-state index in [9.17, 15) is 13.0 Å². The van der Waals surface area contributed by atoms with E-state index in [4.69, 9.17) is 0 Å². The molecule has 0 unspecified atom stereocenters. The molecular formula is C22H25FO3S2. The molecule has 28 heavy (non-hydrogen) atoms. The van der Waals surface area contributed by atoms with Crippen LogP contribution in [0.1, 0.15) is 19.8 Å². The summed E-state index contributed by atoms with van der Waals surface area (Å²) in [5, 5.41) is 0. The van der Waals surface area contributed by atoms with Crippen molar-refractivity contribution in [1.82, 2.24) is 0 Å². The van der Waals surface area contributed by atoms with Crippen molar-refractivity contribution in [1.29, 1.82) is 0 Å². The smallest absolute Gasteiger partial charge is 0.166 e. The Morgan fingerprint density at radius 1 is 0.714 bits per heavy atom. The van der Waals surface area contributed by atoms with Gasteiger partial charge in [-0.2, -0.15) is 0 Å². The summed E-state index contributed by atoms with van der Waals surface area (Å²) in [5.41, 5.74) is 0. The van der Waals surface area contributed by atoms with E-state index in [1.54, 1.807) is 0 Å². The van der Waals surface area contributed by atoms with E-state index in [-0.39, 0.29) is 21.4 Å². The number of benzene rings is 3. The van der Waals surface area contributed by atoms with Crippen LogP contribution in [0.2, 0.25) is 0 Å². The van der Waals surface area contributed by atoms with Crippen LogP contribution >= 0.6 is 0 Å². The summed E-state index contributed by atoms with van der Waals surface area (Å²) in [4.78, 5) is 4.08. The molecule has 0 amide bonds. The molecule has 0 aromatic heterocycles. The van der Waals surface area contributed by atoms with Crippen molar-refractivity contribution in [2.24, 2.45) is 0 Å². The molecule has 0 aliphatic heterocycles. The van der Waals surface area contributed by atoms with Gasteiger partial charge in [0.1, 0.15) is 0 Å². The van der Waals surface area contributed by atoms with E-state index < -0.39 is 10.1 Å². The standard InChI is InChI=1S/C18H15S.C4H10O3S.FH/c1-4-10-16(11-5-1)19(17-12-6-2-7-13-17)18-14-8-3-9-15-18;1-2-3-4-8(5,6)7;/h1-15H;2-4H2,1H3,(H,5,6,7);1H/q+1;;/p-1. The third-order valence-electron chi connectivity index (χ3n) is 3.68. The van der Waals surface area contributed by atoms with Crippen LogP contribution in [0.15, 0.2) is 106 Å². The Bertz CT molecular complexity index is 793. The average Bonchev–Trinajstić information content (AvgIpc) is 2.69. The van der Waals surface area contributed by atoms with Crippen LogP contribution in [-0.2, 0) is 21.0 Å². The van der Waals surface area contributed by atoms with Crippen LogP contribution in [0.25, 0.3) is 0 Å². The summed E-state index contributed by atoms with van der Waals surface area (Å²) in [6, 6.07) is 32.2. The van der Waals surface area contributed by atoms with Gasteiger partial charge in [0.2, 0.25) is 0 Å². The van der Waals surface area contributed by atoms with Crippen molar-refractivity contribution in [2.45, 2.75) is 34.5 Å². The highest BCUT2D eigenvalue weighted by Crippen LogP contribution is 2.30. The van der Waals surface area contributed by atoms with Gasteiger partial charge < -0.3 is 4.55 Å². The molecule has 0 bridgehead atoms. The summed E-state index contributed by atoms with van der Waals surface area (Å²) in [5.74, 6) is -0.219. The quantitative estimate of drug-likeness (QED) is 0.403. The van der Waals surface area contributed by atoms with Gasteiger partial charge in [-0.25, -0.2) is 8.42 Å². The highest BCUT2D eigenvalue weighted by molar-refractivity contribution is 7.97. The molecule has 0 aliphatic rings. The Morgan fingerprint density at radius 3 is 1.25 bits per heavy atom. The topological polar surface area (TPSA) is 57.2 Å². The lowest BCUT2D eigenvalue weighted by molar-refractivity contribution is 0.461. The number of hydrogen-bond donors (Lipinski definition) is 0. The fraction of sp³-hybridized carbons (Fsp3) is 0.182. The molecule has 0 saturated heterocycles. The van der Waals surface area contributed by atoms with E-state index in [1.165, 1.54) is 14.7 Å². The van der Waals surface area contributed by atoms with Crippen molar-refractivity contribution in [3.8, 4) is 0 Å². The molecule has 6 heteroatoms. The zero-order valence-corrected chi connectivity index (χ0v) is 17.4. The molecule has 3 rings (SSSR count). The molecule has 0 atom stereocenters. The van der Waals surface area contributed by atoms with Crippen LogP contribution in [0.3, 0.4) is 0 Å². The van der Waals surface area contributed by atoms with Gasteiger partial charge in [-0.1, -0.05) is 67.9 Å². The molecule has 150 valence electrons. The van der Waals surface area contributed by atoms with Crippen LogP contribution in [0, 0.1) is 0 Å². The molecule has 3 nitrogen and oxygen atoms in total. The third-order valence-corrected chi connectivity index (χ3v) is 6.70. The van der Waals surface area contributed by atoms with Crippen LogP contribution < -0.4 is 0 Å². The van der Waals surface area contributed by atoms with Crippen LogP contribution in [0.5, 0.6) is 0 Å². The molecule has 0 aliphatic carbocycles. The van der Waals surface area contributed by atoms with E-state index in [0.29, 0.717) is 6.42 Å². The monoisotopic (exact) mass is 420 g/mol. The predicted octanol–water partition coefficient (Wildman–Crippen LogP) is 5.27. The van der Waals surface area contributed by atoms with Crippen molar-refractivity contribution in [3.05, 3.63) is 91.0 Å². The molecule has 3 aromatic rings. The molecular weight excluding hydrogens is 395 g/mol. The Kier molecular flexibility index (Phi) is 10.5. The zero-order valence-electron chi connectivity index (χ0n) is 15.7. The second kappa shape index (κ2) is 12.3. The maximum Gasteiger partial charge on any atom is 0.166 e. The van der Waals surface area contributed by atoms with Gasteiger partial charge >= 0.3 is 0 Å². The minimum absolute atomic E-state index is 0. The first-order chi connectivity index (χ1) is 13.0. The molecule has 0 fully saturated rings. The van der Waals surface area contributed by atoms with E-state index in [2.05, 4.69) is 91.0 Å². The van der Waals surface area contributed by atoms with Crippen molar-refractivity contribution in [2.75, 3.05) is 5.75 Å². The van der Waals surface area contributed by atoms with Gasteiger partial charge in [-0.15, -0.1) is 0 Å². The Morgan fingerprint density at radius 2 is 1.04 bits per heavy atom. The normalized spacial score (nSPS) is 10.5. The maximum atomic E-state index is 9.83. The molecule has 3 aromatic carbocycles. The SMILES string of the molecule is CCCCS(=O)(=O)[O-].F.c1ccc([S+](c2ccccc2)c2ccccc2)cc1. The van der Waals surface area contributed by atoms with Gasteiger partial charge in [0.25, 0.3) is 0 Å². The highest BCUT2D eigenvalue weighted by atomic mass is 32.2. The van der Waals surface area contributed by atoms with E-state index in [0.717, 1.165) is 6.42 Å². The maximum absolute atomic E-state index is 9.83. The fourth-order valence-corrected chi connectivity index (χ4v) is 5.15. The summed E-state index contributed by atoms with van der Waals surface area (Å²) in [6.45, 7) is 1.84. The van der Waals surface area contributed by atoms with Gasteiger partial charge in [0, 0.05) is 5.75 Å². The molecule has 0 N–H and O–H groups in total. The number of halogens is 1. The molecule has 0 spiro atoms. The van der Waals surface area contributed by atoms with Crippen molar-refractivity contribution >= 4 is 21.0 Å². The molecule has 0 saturated carbocycles. The van der Waals surface area contributed by atoms with Crippen molar-refractivity contribution < 1.29 is 17.7 Å². The van der Waals surface area contributed by atoms with Gasteiger partial charge in [-0.3, -0.25) is 4.70 Å². The lowest BCUT2D eigenvalue weighted by Gasteiger charge is -2.07. The first-order valence-electron chi connectivity index (χ1n) is 8.84. The van der Waals surface area contributed by atoms with Gasteiger partial charge in [0.05, 0.1) is 21.0 Å². The second-order valence-corrected chi connectivity index (χ2v) is 9.41. The fourth-order valence-electron chi connectivity index (χ4n) is 2.40. The molecule has 0 radical (unpaired) electrons. The average molecular weight is 421 g/mol. The summed E-state index contributed by atoms with van der Waals surface area (Å²) < 4.78 is 29.5. The first kappa shape index (κ1) is 23.9. The lowest BCUT2D eigenvalue weighted by atomic mass is 10.4. The van der Waals surface area contributed by atoms with Gasteiger partial charge in [-0.05, 0) is 42.8 Å². The summed E-state index contributed by atoms with van der Waals surface area (Å²) >= 11 is 0. The predicted molar refractivity (Wildman–Crippen MR) is 113 cm³/mol. The second-order valence-electron chi connectivity index (χ2n) is 5.86. The van der Waals surface area contributed by atoms with Crippen LogP contribution in [-0.4, -0.2) is 18.7 Å².